The zero-order valence-electron chi connectivity index (χ0n) is 16.0. The van der Waals surface area contributed by atoms with E-state index in [-0.39, 0.29) is 0 Å². The molecule has 0 heterocycles. The van der Waals surface area contributed by atoms with Crippen LogP contribution in [0.5, 0.6) is 5.75 Å². The van der Waals surface area contributed by atoms with E-state index in [1.165, 1.54) is 31.2 Å². The van der Waals surface area contributed by atoms with Gasteiger partial charge in [-0.25, -0.2) is 0 Å². The maximum atomic E-state index is 11.1. The van der Waals surface area contributed by atoms with Crippen LogP contribution in [0.4, 0.5) is 5.69 Å². The molecule has 0 spiro atoms. The average Bonchev–Trinajstić information content (AvgIpc) is 3.38. The van der Waals surface area contributed by atoms with Gasteiger partial charge < -0.3 is 5.11 Å². The molecule has 3 aromatic rings. The largest absolute Gasteiger partial charge is 0.507 e. The van der Waals surface area contributed by atoms with E-state index < -0.39 is 0 Å². The molecule has 5 rings (SSSR count). The van der Waals surface area contributed by atoms with Crippen molar-refractivity contribution in [2.75, 3.05) is 0 Å². The molecule has 2 bridgehead atoms. The van der Waals surface area contributed by atoms with Gasteiger partial charge in [-0.2, -0.15) is 0 Å². The van der Waals surface area contributed by atoms with E-state index in [4.69, 9.17) is 0 Å². The van der Waals surface area contributed by atoms with Gasteiger partial charge in [-0.05, 0) is 78.0 Å². The van der Waals surface area contributed by atoms with Gasteiger partial charge in [0.1, 0.15) is 5.75 Å². The lowest BCUT2D eigenvalue weighted by Gasteiger charge is -2.24. The van der Waals surface area contributed by atoms with E-state index >= 15 is 0 Å². The number of phenolic OH excluding ortho intramolecular Hbond substituents is 1. The van der Waals surface area contributed by atoms with Gasteiger partial charge in [0, 0.05) is 11.8 Å². The van der Waals surface area contributed by atoms with E-state index in [0.29, 0.717) is 11.7 Å². The maximum absolute atomic E-state index is 11.1. The standard InChI is InChI=1S/C26H25NO/c28-26-22(17-27-23-9-5-2-6-10-23)15-21(19-7-3-1-4-8-19)16-25(26)24-14-18-11-12-20(24)13-18/h1-10,15-18,20,24,28H,11-14H2. The first kappa shape index (κ1) is 17.2. The zero-order valence-corrected chi connectivity index (χ0v) is 16.0. The van der Waals surface area contributed by atoms with Crippen LogP contribution in [0.15, 0.2) is 77.8 Å². The zero-order chi connectivity index (χ0) is 18.9. The topological polar surface area (TPSA) is 32.6 Å². The molecule has 2 nitrogen and oxygen atoms in total. The summed E-state index contributed by atoms with van der Waals surface area (Å²) in [7, 11) is 0. The van der Waals surface area contributed by atoms with Crippen LogP contribution in [0.25, 0.3) is 11.1 Å². The van der Waals surface area contributed by atoms with Crippen molar-refractivity contribution >= 4 is 11.9 Å². The molecule has 2 saturated carbocycles. The average molecular weight is 367 g/mol. The van der Waals surface area contributed by atoms with Gasteiger partial charge in [0.2, 0.25) is 0 Å². The molecule has 3 aromatic carbocycles. The number of aromatic hydroxyl groups is 1. The van der Waals surface area contributed by atoms with Gasteiger partial charge in [-0.15, -0.1) is 0 Å². The molecule has 3 atom stereocenters. The third kappa shape index (κ3) is 3.24. The first-order chi connectivity index (χ1) is 13.8. The summed E-state index contributed by atoms with van der Waals surface area (Å²) in [6.07, 6.45) is 7.02. The summed E-state index contributed by atoms with van der Waals surface area (Å²) in [5, 5.41) is 11.1. The van der Waals surface area contributed by atoms with E-state index in [1.54, 1.807) is 0 Å². The third-order valence-corrected chi connectivity index (χ3v) is 6.52. The van der Waals surface area contributed by atoms with Gasteiger partial charge in [0.25, 0.3) is 0 Å². The van der Waals surface area contributed by atoms with Crippen LogP contribution in [0.1, 0.15) is 42.7 Å². The molecule has 0 aromatic heterocycles. The highest BCUT2D eigenvalue weighted by molar-refractivity contribution is 5.89. The minimum absolute atomic E-state index is 0.414. The number of para-hydroxylation sites is 1. The molecule has 2 aliphatic rings. The monoisotopic (exact) mass is 367 g/mol. The van der Waals surface area contributed by atoms with Crippen LogP contribution in [-0.4, -0.2) is 11.3 Å². The summed E-state index contributed by atoms with van der Waals surface area (Å²) >= 11 is 0. The first-order valence-corrected chi connectivity index (χ1v) is 10.3. The second kappa shape index (κ2) is 7.27. The minimum atomic E-state index is 0.414. The molecule has 1 N–H and O–H groups in total. The van der Waals surface area contributed by atoms with Crippen LogP contribution >= 0.6 is 0 Å². The Labute approximate surface area is 166 Å². The number of nitrogens with zero attached hydrogens (tertiary/aromatic N) is 1. The van der Waals surface area contributed by atoms with Crippen molar-refractivity contribution in [3.05, 3.63) is 83.9 Å². The second-order valence-corrected chi connectivity index (χ2v) is 8.24. The number of benzene rings is 3. The van der Waals surface area contributed by atoms with Gasteiger partial charge in [0.05, 0.1) is 5.69 Å². The van der Waals surface area contributed by atoms with Crippen LogP contribution in [0.3, 0.4) is 0 Å². The van der Waals surface area contributed by atoms with Crippen molar-refractivity contribution in [3.63, 3.8) is 0 Å². The van der Waals surface area contributed by atoms with E-state index in [0.717, 1.165) is 34.2 Å². The van der Waals surface area contributed by atoms with Crippen molar-refractivity contribution in [2.24, 2.45) is 16.8 Å². The first-order valence-electron chi connectivity index (χ1n) is 10.3. The fourth-order valence-electron chi connectivity index (χ4n) is 5.14. The molecular weight excluding hydrogens is 342 g/mol. The highest BCUT2D eigenvalue weighted by atomic mass is 16.3. The number of aliphatic imine (C=N–C) groups is 1. The van der Waals surface area contributed by atoms with Crippen molar-refractivity contribution < 1.29 is 5.11 Å². The van der Waals surface area contributed by atoms with Crippen LogP contribution in [0.2, 0.25) is 0 Å². The van der Waals surface area contributed by atoms with Gasteiger partial charge in [0.15, 0.2) is 0 Å². The molecule has 0 radical (unpaired) electrons. The lowest BCUT2D eigenvalue weighted by Crippen LogP contribution is -2.09. The summed E-state index contributed by atoms with van der Waals surface area (Å²) in [6.45, 7) is 0. The lowest BCUT2D eigenvalue weighted by molar-refractivity contribution is 0.397. The fraction of sp³-hybridized carbons (Fsp3) is 0.269. The summed E-state index contributed by atoms with van der Waals surface area (Å²) in [4.78, 5) is 4.60. The van der Waals surface area contributed by atoms with Crippen molar-refractivity contribution in [1.82, 2.24) is 0 Å². The van der Waals surface area contributed by atoms with Gasteiger partial charge in [-0.1, -0.05) is 55.0 Å². The Morgan fingerprint density at radius 1 is 0.821 bits per heavy atom. The lowest BCUT2D eigenvalue weighted by atomic mass is 9.81. The molecule has 28 heavy (non-hydrogen) atoms. The van der Waals surface area contributed by atoms with E-state index in [1.807, 2.05) is 42.6 Å². The van der Waals surface area contributed by atoms with Crippen LogP contribution in [0, 0.1) is 11.8 Å². The molecule has 2 aliphatic carbocycles. The normalized spacial score (nSPS) is 23.5. The highest BCUT2D eigenvalue weighted by Gasteiger charge is 2.41. The highest BCUT2D eigenvalue weighted by Crippen LogP contribution is 2.55. The Kier molecular flexibility index (Phi) is 4.48. The smallest absolute Gasteiger partial charge is 0.127 e. The Hall–Kier alpha value is -2.87. The van der Waals surface area contributed by atoms with Gasteiger partial charge >= 0.3 is 0 Å². The number of hydrogen-bond donors (Lipinski definition) is 1. The van der Waals surface area contributed by atoms with Crippen molar-refractivity contribution in [3.8, 4) is 16.9 Å². The number of phenols is 1. The minimum Gasteiger partial charge on any atom is -0.507 e. The Morgan fingerprint density at radius 2 is 1.57 bits per heavy atom. The molecule has 3 unspecified atom stereocenters. The molecule has 2 heteroatoms. The molecular formula is C26H25NO. The summed E-state index contributed by atoms with van der Waals surface area (Å²) in [5.41, 5.74) is 5.16. The maximum Gasteiger partial charge on any atom is 0.127 e. The van der Waals surface area contributed by atoms with E-state index in [9.17, 15) is 5.11 Å². The van der Waals surface area contributed by atoms with Crippen LogP contribution < -0.4 is 0 Å². The summed E-state index contributed by atoms with van der Waals surface area (Å²) in [6, 6.07) is 24.6. The molecule has 140 valence electrons. The molecule has 2 fully saturated rings. The molecule has 0 saturated heterocycles. The fourth-order valence-corrected chi connectivity index (χ4v) is 5.14. The Morgan fingerprint density at radius 3 is 2.25 bits per heavy atom. The molecule has 0 aliphatic heterocycles. The van der Waals surface area contributed by atoms with E-state index in [2.05, 4.69) is 41.4 Å². The number of rotatable bonds is 4. The van der Waals surface area contributed by atoms with Gasteiger partial charge in [-0.3, -0.25) is 4.99 Å². The predicted octanol–water partition coefficient (Wildman–Crippen LogP) is 6.71. The molecule has 0 amide bonds. The number of hydrogen-bond acceptors (Lipinski definition) is 2. The summed E-state index contributed by atoms with van der Waals surface area (Å²) < 4.78 is 0. The SMILES string of the molecule is Oc1c(C=Nc2ccccc2)cc(-c2ccccc2)cc1C1CC2CCC1C2. The Balaban J connectivity index is 1.59. The number of fused-ring (bicyclic) bond motifs is 2. The second-order valence-electron chi connectivity index (χ2n) is 8.24. The third-order valence-electron chi connectivity index (χ3n) is 6.52. The van der Waals surface area contributed by atoms with Crippen LogP contribution in [-0.2, 0) is 0 Å². The quantitative estimate of drug-likeness (QED) is 0.510. The van der Waals surface area contributed by atoms with Crippen molar-refractivity contribution in [2.45, 2.75) is 31.6 Å². The Bertz CT molecular complexity index is 994. The predicted molar refractivity (Wildman–Crippen MR) is 115 cm³/mol. The summed E-state index contributed by atoms with van der Waals surface area (Å²) in [5.74, 6) is 2.46. The van der Waals surface area contributed by atoms with Crippen molar-refractivity contribution in [1.29, 1.82) is 0 Å².